The second kappa shape index (κ2) is 7.74. The number of aryl methyl sites for hydroxylation is 2. The molecule has 5 rings (SSSR count). The van der Waals surface area contributed by atoms with Gasteiger partial charge in [0, 0.05) is 18.0 Å². The quantitative estimate of drug-likeness (QED) is 0.535. The Morgan fingerprint density at radius 1 is 1.17 bits per heavy atom. The van der Waals surface area contributed by atoms with Crippen molar-refractivity contribution in [3.63, 3.8) is 0 Å². The van der Waals surface area contributed by atoms with Gasteiger partial charge in [-0.2, -0.15) is 0 Å². The minimum atomic E-state index is -0.0541. The molecule has 2 aromatic carbocycles. The summed E-state index contributed by atoms with van der Waals surface area (Å²) in [4.78, 5) is 16.7. The summed E-state index contributed by atoms with van der Waals surface area (Å²) < 4.78 is 12.2. The summed E-state index contributed by atoms with van der Waals surface area (Å²) in [5.41, 5.74) is 4.67. The molecule has 0 saturated heterocycles. The monoisotopic (exact) mass is 417 g/mol. The van der Waals surface area contributed by atoms with Crippen molar-refractivity contribution in [2.75, 3.05) is 13.3 Å². The molecule has 0 unspecified atom stereocenters. The summed E-state index contributed by atoms with van der Waals surface area (Å²) in [5.74, 6) is 1.81. The predicted molar refractivity (Wildman–Crippen MR) is 119 cm³/mol. The number of carbonyl (C=O) groups is 1. The van der Waals surface area contributed by atoms with Crippen molar-refractivity contribution in [1.29, 1.82) is 0 Å². The van der Waals surface area contributed by atoms with Crippen molar-refractivity contribution in [2.45, 2.75) is 26.8 Å². The van der Waals surface area contributed by atoms with Crippen molar-refractivity contribution < 1.29 is 14.3 Å². The van der Waals surface area contributed by atoms with Crippen LogP contribution in [-0.2, 0) is 13.0 Å². The number of nitrogens with zero attached hydrogens (tertiary/aromatic N) is 1. The molecule has 2 aliphatic rings. The molecule has 0 aliphatic carbocycles. The fraction of sp³-hybridized carbons (Fsp3) is 0.240. The number of Topliss-reactive ketones (excluding diaryl/α,β-unsaturated/α-hetero) is 1. The first kappa shape index (κ1) is 19.1. The molecule has 4 nitrogen and oxygen atoms in total. The summed E-state index contributed by atoms with van der Waals surface area (Å²) in [5, 5.41) is 2.11. The lowest BCUT2D eigenvalue weighted by Gasteiger charge is -2.30. The van der Waals surface area contributed by atoms with Crippen LogP contribution in [0.2, 0.25) is 0 Å². The average Bonchev–Trinajstić information content (AvgIpc) is 3.37. The minimum Gasteiger partial charge on any atom is -0.478 e. The van der Waals surface area contributed by atoms with Gasteiger partial charge in [0.25, 0.3) is 0 Å². The van der Waals surface area contributed by atoms with Gasteiger partial charge in [-0.15, -0.1) is 11.3 Å². The van der Waals surface area contributed by atoms with E-state index in [0.29, 0.717) is 30.3 Å². The van der Waals surface area contributed by atoms with Crippen molar-refractivity contribution >= 4 is 23.2 Å². The summed E-state index contributed by atoms with van der Waals surface area (Å²) in [7, 11) is 0. The highest BCUT2D eigenvalue weighted by molar-refractivity contribution is 7.09. The van der Waals surface area contributed by atoms with Gasteiger partial charge >= 0.3 is 0 Å². The molecule has 30 heavy (non-hydrogen) atoms. The van der Waals surface area contributed by atoms with Gasteiger partial charge < -0.3 is 9.47 Å². The maximum Gasteiger partial charge on any atom is 0.232 e. The van der Waals surface area contributed by atoms with Gasteiger partial charge in [0.2, 0.25) is 5.78 Å². The smallest absolute Gasteiger partial charge is 0.232 e. The standard InChI is InChI=1S/C25H23NO3S/c1-16-5-7-18(8-6-16)13-22-24(27)23-17(2)12-21-20(25(23)29-22)14-26(15-28-21)10-9-19-4-3-11-30-19/h3-8,11-13H,9-10,14-15H2,1-2H3/b22-13-. The summed E-state index contributed by atoms with van der Waals surface area (Å²) in [6.45, 7) is 6.17. The van der Waals surface area contributed by atoms with Crippen molar-refractivity contribution in [3.05, 3.63) is 86.3 Å². The Balaban J connectivity index is 1.42. The zero-order valence-corrected chi connectivity index (χ0v) is 17.9. The maximum atomic E-state index is 13.1. The van der Waals surface area contributed by atoms with Crippen LogP contribution in [-0.4, -0.2) is 24.0 Å². The number of hydrogen-bond acceptors (Lipinski definition) is 5. The number of allylic oxidation sites excluding steroid dienone is 1. The molecule has 0 radical (unpaired) electrons. The normalized spacial score (nSPS) is 16.9. The molecular weight excluding hydrogens is 394 g/mol. The first-order valence-electron chi connectivity index (χ1n) is 10.1. The number of benzene rings is 2. The van der Waals surface area contributed by atoms with E-state index in [4.69, 9.17) is 9.47 Å². The Morgan fingerprint density at radius 3 is 2.77 bits per heavy atom. The number of fused-ring (bicyclic) bond motifs is 3. The zero-order chi connectivity index (χ0) is 20.7. The van der Waals surface area contributed by atoms with Crippen LogP contribution in [0.3, 0.4) is 0 Å². The third-order valence-electron chi connectivity index (χ3n) is 5.62. The summed E-state index contributed by atoms with van der Waals surface area (Å²) in [6.07, 6.45) is 2.81. The lowest BCUT2D eigenvalue weighted by Crippen LogP contribution is -2.33. The molecule has 1 aromatic heterocycles. The number of carbonyl (C=O) groups excluding carboxylic acids is 1. The first-order valence-corrected chi connectivity index (χ1v) is 11.0. The molecule has 5 heteroatoms. The molecule has 0 atom stereocenters. The summed E-state index contributed by atoms with van der Waals surface area (Å²) in [6, 6.07) is 14.3. The van der Waals surface area contributed by atoms with E-state index in [2.05, 4.69) is 22.4 Å². The van der Waals surface area contributed by atoms with Crippen LogP contribution >= 0.6 is 11.3 Å². The molecule has 3 heterocycles. The second-order valence-corrected chi connectivity index (χ2v) is 8.91. The molecule has 0 bridgehead atoms. The first-order chi connectivity index (χ1) is 14.6. The highest BCUT2D eigenvalue weighted by Gasteiger charge is 2.35. The Morgan fingerprint density at radius 2 is 2.00 bits per heavy atom. The van der Waals surface area contributed by atoms with Gasteiger partial charge in [-0.1, -0.05) is 35.9 Å². The molecule has 0 N–H and O–H groups in total. The number of ether oxygens (including phenoxy) is 2. The van der Waals surface area contributed by atoms with Crippen LogP contribution < -0.4 is 9.47 Å². The van der Waals surface area contributed by atoms with Gasteiger partial charge in [0.1, 0.15) is 18.2 Å². The number of hydrogen-bond donors (Lipinski definition) is 0. The summed E-state index contributed by atoms with van der Waals surface area (Å²) >= 11 is 1.78. The predicted octanol–water partition coefficient (Wildman–Crippen LogP) is 5.38. The highest BCUT2D eigenvalue weighted by Crippen LogP contribution is 2.44. The number of ketones is 1. The lowest BCUT2D eigenvalue weighted by atomic mass is 9.98. The van der Waals surface area contributed by atoms with Crippen LogP contribution in [0, 0.1) is 13.8 Å². The topological polar surface area (TPSA) is 38.8 Å². The van der Waals surface area contributed by atoms with E-state index >= 15 is 0 Å². The number of rotatable bonds is 4. The van der Waals surface area contributed by atoms with Crippen LogP contribution in [0.15, 0.2) is 53.6 Å². The van der Waals surface area contributed by atoms with Crippen molar-refractivity contribution in [2.24, 2.45) is 0 Å². The van der Waals surface area contributed by atoms with Crippen molar-refractivity contribution in [1.82, 2.24) is 4.90 Å². The molecule has 0 amide bonds. The number of thiophene rings is 1. The third-order valence-corrected chi connectivity index (χ3v) is 6.55. The fourth-order valence-corrected chi connectivity index (χ4v) is 4.65. The minimum absolute atomic E-state index is 0.0541. The third kappa shape index (κ3) is 3.55. The highest BCUT2D eigenvalue weighted by atomic mass is 32.1. The lowest BCUT2D eigenvalue weighted by molar-refractivity contribution is 0.0951. The Hall–Kier alpha value is -2.89. The SMILES string of the molecule is Cc1ccc(/C=C2\Oc3c4c(cc(C)c3C2=O)OCN(CCc2cccs2)C4)cc1. The fourth-order valence-electron chi connectivity index (χ4n) is 3.96. The van der Waals surface area contributed by atoms with Crippen LogP contribution in [0.5, 0.6) is 11.5 Å². The van der Waals surface area contributed by atoms with Gasteiger partial charge in [0.15, 0.2) is 5.76 Å². The van der Waals surface area contributed by atoms with Gasteiger partial charge in [-0.05, 0) is 55.0 Å². The van der Waals surface area contributed by atoms with Crippen LogP contribution in [0.4, 0.5) is 0 Å². The second-order valence-electron chi connectivity index (χ2n) is 7.88. The molecule has 2 aliphatic heterocycles. The molecule has 0 spiro atoms. The van der Waals surface area contributed by atoms with Crippen LogP contribution in [0.25, 0.3) is 6.08 Å². The van der Waals surface area contributed by atoms with Crippen LogP contribution in [0.1, 0.15) is 37.5 Å². The van der Waals surface area contributed by atoms with E-state index in [9.17, 15) is 4.79 Å². The van der Waals surface area contributed by atoms with E-state index in [1.54, 1.807) is 11.3 Å². The van der Waals surface area contributed by atoms with Gasteiger partial charge in [0.05, 0.1) is 11.1 Å². The zero-order valence-electron chi connectivity index (χ0n) is 17.1. The average molecular weight is 418 g/mol. The van der Waals surface area contributed by atoms with E-state index < -0.39 is 0 Å². The van der Waals surface area contributed by atoms with E-state index in [1.807, 2.05) is 50.3 Å². The van der Waals surface area contributed by atoms with E-state index in [-0.39, 0.29) is 5.78 Å². The molecular formula is C25H23NO3S. The molecule has 152 valence electrons. The van der Waals surface area contributed by atoms with E-state index in [0.717, 1.165) is 35.4 Å². The molecule has 0 fully saturated rings. The van der Waals surface area contributed by atoms with Crippen molar-refractivity contribution in [3.8, 4) is 11.5 Å². The Bertz CT molecular complexity index is 1130. The molecule has 0 saturated carbocycles. The van der Waals surface area contributed by atoms with Gasteiger partial charge in [-0.25, -0.2) is 0 Å². The van der Waals surface area contributed by atoms with Gasteiger partial charge in [-0.3, -0.25) is 9.69 Å². The maximum absolute atomic E-state index is 13.1. The Labute approximate surface area is 180 Å². The molecule has 3 aromatic rings. The van der Waals surface area contributed by atoms with E-state index in [1.165, 1.54) is 10.4 Å². The largest absolute Gasteiger partial charge is 0.478 e. The Kier molecular flexibility index (Phi) is 4.93.